The van der Waals surface area contributed by atoms with Crippen molar-refractivity contribution in [2.24, 2.45) is 4.99 Å². The molecule has 7 heteroatoms. The fraction of sp³-hybridized carbons (Fsp3) is 0.333. The number of halogens is 1. The van der Waals surface area contributed by atoms with Gasteiger partial charge in [0, 0.05) is 19.3 Å². The number of carbonyl (C=O) groups is 1. The Balaban J connectivity index is 1.40. The van der Waals surface area contributed by atoms with Crippen molar-refractivity contribution in [2.75, 3.05) is 42.6 Å². The van der Waals surface area contributed by atoms with Gasteiger partial charge in [-0.2, -0.15) is 0 Å². The molecule has 0 bridgehead atoms. The van der Waals surface area contributed by atoms with Crippen molar-refractivity contribution >= 4 is 23.7 Å². The number of rotatable bonds is 5. The molecular formula is C21H22FN3O3. The van der Waals surface area contributed by atoms with Crippen LogP contribution in [0.4, 0.5) is 20.6 Å². The molecule has 2 fully saturated rings. The predicted octanol–water partition coefficient (Wildman–Crippen LogP) is 3.26. The second kappa shape index (κ2) is 8.39. The Labute approximate surface area is 163 Å². The lowest BCUT2D eigenvalue weighted by Crippen LogP contribution is -2.36. The van der Waals surface area contributed by atoms with Gasteiger partial charge in [0.2, 0.25) is 0 Å². The van der Waals surface area contributed by atoms with Gasteiger partial charge in [-0.25, -0.2) is 9.18 Å². The number of nitrogens with zero attached hydrogens (tertiary/aromatic N) is 3. The number of amides is 1. The Bertz CT molecular complexity index is 853. The fourth-order valence-electron chi connectivity index (χ4n) is 3.36. The summed E-state index contributed by atoms with van der Waals surface area (Å²) in [6, 6.07) is 14.7. The van der Waals surface area contributed by atoms with E-state index in [1.54, 1.807) is 18.3 Å². The molecular weight excluding hydrogens is 361 g/mol. The number of cyclic esters (lactones) is 1. The van der Waals surface area contributed by atoms with Crippen molar-refractivity contribution in [1.29, 1.82) is 0 Å². The molecule has 0 radical (unpaired) electrons. The number of aliphatic imine (C=N–C) groups is 1. The fourth-order valence-corrected chi connectivity index (χ4v) is 3.36. The third kappa shape index (κ3) is 4.14. The van der Waals surface area contributed by atoms with Gasteiger partial charge in [0.25, 0.3) is 0 Å². The highest BCUT2D eigenvalue weighted by atomic mass is 19.1. The quantitative estimate of drug-likeness (QED) is 0.744. The van der Waals surface area contributed by atoms with Crippen LogP contribution in [0.15, 0.2) is 53.5 Å². The zero-order chi connectivity index (χ0) is 19.3. The monoisotopic (exact) mass is 383 g/mol. The molecule has 2 aromatic rings. The zero-order valence-corrected chi connectivity index (χ0v) is 15.5. The van der Waals surface area contributed by atoms with Crippen molar-refractivity contribution in [3.05, 3.63) is 59.9 Å². The molecule has 0 N–H and O–H groups in total. The molecule has 2 heterocycles. The highest BCUT2D eigenvalue weighted by molar-refractivity contribution is 5.92. The molecule has 2 aromatic carbocycles. The van der Waals surface area contributed by atoms with Crippen LogP contribution in [0.25, 0.3) is 0 Å². The molecule has 2 saturated heterocycles. The predicted molar refractivity (Wildman–Crippen MR) is 106 cm³/mol. The third-order valence-electron chi connectivity index (χ3n) is 4.82. The molecule has 0 aromatic heterocycles. The molecule has 2 aliphatic rings. The van der Waals surface area contributed by atoms with E-state index in [0.717, 1.165) is 5.56 Å². The molecule has 1 atom stereocenters. The van der Waals surface area contributed by atoms with Crippen LogP contribution in [0, 0.1) is 5.82 Å². The Hall–Kier alpha value is -2.93. The van der Waals surface area contributed by atoms with Crippen molar-refractivity contribution in [3.8, 4) is 0 Å². The van der Waals surface area contributed by atoms with Gasteiger partial charge < -0.3 is 14.4 Å². The summed E-state index contributed by atoms with van der Waals surface area (Å²) in [4.78, 5) is 20.0. The molecule has 2 aliphatic heterocycles. The number of carbonyl (C=O) groups excluding carboxylic acids is 1. The molecule has 146 valence electrons. The molecule has 4 rings (SSSR count). The summed E-state index contributed by atoms with van der Waals surface area (Å²) < 4.78 is 25.3. The number of morpholine rings is 1. The zero-order valence-electron chi connectivity index (χ0n) is 15.5. The molecule has 28 heavy (non-hydrogen) atoms. The van der Waals surface area contributed by atoms with E-state index in [1.165, 1.54) is 11.0 Å². The van der Waals surface area contributed by atoms with Crippen molar-refractivity contribution in [3.63, 3.8) is 0 Å². The van der Waals surface area contributed by atoms with Crippen LogP contribution in [0.3, 0.4) is 0 Å². The summed E-state index contributed by atoms with van der Waals surface area (Å²) in [6.45, 7) is 3.32. The van der Waals surface area contributed by atoms with Crippen LogP contribution in [-0.2, 0) is 16.0 Å². The first-order valence-electron chi connectivity index (χ1n) is 9.35. The van der Waals surface area contributed by atoms with Crippen LogP contribution in [0.2, 0.25) is 0 Å². The molecule has 0 spiro atoms. The smallest absolute Gasteiger partial charge is 0.415 e. The third-order valence-corrected chi connectivity index (χ3v) is 4.82. The summed E-state index contributed by atoms with van der Waals surface area (Å²) in [7, 11) is 0. The van der Waals surface area contributed by atoms with Crippen LogP contribution in [-0.4, -0.2) is 51.3 Å². The highest BCUT2D eigenvalue weighted by Gasteiger charge is 2.32. The van der Waals surface area contributed by atoms with Crippen molar-refractivity contribution in [2.45, 2.75) is 12.6 Å². The number of ether oxygens (including phenoxy) is 2. The molecule has 1 amide bonds. The first-order valence-corrected chi connectivity index (χ1v) is 9.35. The van der Waals surface area contributed by atoms with Gasteiger partial charge in [0.1, 0.15) is 5.82 Å². The Morgan fingerprint density at radius 3 is 2.68 bits per heavy atom. The number of benzene rings is 2. The van der Waals surface area contributed by atoms with Gasteiger partial charge in [-0.3, -0.25) is 9.89 Å². The molecule has 6 nitrogen and oxygen atoms in total. The van der Waals surface area contributed by atoms with E-state index < -0.39 is 12.2 Å². The van der Waals surface area contributed by atoms with E-state index in [-0.39, 0.29) is 5.82 Å². The molecule has 0 saturated carbocycles. The van der Waals surface area contributed by atoms with Gasteiger partial charge in [0.05, 0.1) is 37.7 Å². The van der Waals surface area contributed by atoms with E-state index in [4.69, 9.17) is 9.47 Å². The van der Waals surface area contributed by atoms with Gasteiger partial charge in [-0.05, 0) is 23.8 Å². The van der Waals surface area contributed by atoms with E-state index in [9.17, 15) is 9.18 Å². The summed E-state index contributed by atoms with van der Waals surface area (Å²) in [5.41, 5.74) is 2.10. The lowest BCUT2D eigenvalue weighted by molar-refractivity contribution is 0.122. The van der Waals surface area contributed by atoms with Crippen LogP contribution < -0.4 is 9.80 Å². The minimum atomic E-state index is -0.491. The Kier molecular flexibility index (Phi) is 5.53. The number of hydrogen-bond donors (Lipinski definition) is 0. The van der Waals surface area contributed by atoms with E-state index in [1.807, 2.05) is 35.2 Å². The Morgan fingerprint density at radius 1 is 1.14 bits per heavy atom. The maximum Gasteiger partial charge on any atom is 0.415 e. The van der Waals surface area contributed by atoms with E-state index in [2.05, 4.69) is 4.99 Å². The average molecular weight is 383 g/mol. The van der Waals surface area contributed by atoms with Gasteiger partial charge in [-0.1, -0.05) is 30.3 Å². The second-order valence-electron chi connectivity index (χ2n) is 6.74. The summed E-state index contributed by atoms with van der Waals surface area (Å²) in [5, 5.41) is 0. The lowest BCUT2D eigenvalue weighted by Gasteiger charge is -2.29. The van der Waals surface area contributed by atoms with Crippen LogP contribution in [0.5, 0.6) is 0 Å². The standard InChI is InChI=1S/C21H22FN3O3/c22-19-12-17(6-7-20(19)24-8-10-27-11-9-24)25-15-18(28-21(25)26)14-23-13-16-4-2-1-3-5-16/h1-7,12,14,18H,8-11,13,15H2/b23-14+. The Morgan fingerprint density at radius 2 is 1.93 bits per heavy atom. The maximum atomic E-state index is 14.6. The van der Waals surface area contributed by atoms with Crippen molar-refractivity contribution < 1.29 is 18.7 Å². The molecule has 0 aliphatic carbocycles. The molecule has 1 unspecified atom stereocenters. The summed E-state index contributed by atoms with van der Waals surface area (Å²) >= 11 is 0. The van der Waals surface area contributed by atoms with E-state index >= 15 is 0 Å². The van der Waals surface area contributed by atoms with Gasteiger partial charge in [-0.15, -0.1) is 0 Å². The first-order chi connectivity index (χ1) is 13.7. The van der Waals surface area contributed by atoms with Gasteiger partial charge in [0.15, 0.2) is 6.10 Å². The summed E-state index contributed by atoms with van der Waals surface area (Å²) in [5.74, 6) is -0.353. The average Bonchev–Trinajstić information content (AvgIpc) is 3.10. The normalized spacial score (nSPS) is 20.0. The van der Waals surface area contributed by atoms with Crippen molar-refractivity contribution in [1.82, 2.24) is 0 Å². The minimum absolute atomic E-state index is 0.313. The lowest BCUT2D eigenvalue weighted by atomic mass is 10.2. The van der Waals surface area contributed by atoms with Crippen LogP contribution >= 0.6 is 0 Å². The maximum absolute atomic E-state index is 14.6. The first kappa shape index (κ1) is 18.4. The number of anilines is 2. The SMILES string of the molecule is O=C1OC(/C=N/Cc2ccccc2)CN1c1ccc(N2CCOCC2)c(F)c1. The van der Waals surface area contributed by atoms with Gasteiger partial charge >= 0.3 is 6.09 Å². The topological polar surface area (TPSA) is 54.4 Å². The summed E-state index contributed by atoms with van der Waals surface area (Å²) in [6.07, 6.45) is 0.705. The number of hydrogen-bond acceptors (Lipinski definition) is 5. The minimum Gasteiger partial charge on any atom is -0.438 e. The second-order valence-corrected chi connectivity index (χ2v) is 6.74. The largest absolute Gasteiger partial charge is 0.438 e. The van der Waals surface area contributed by atoms with E-state index in [0.29, 0.717) is 50.8 Å². The highest BCUT2D eigenvalue weighted by Crippen LogP contribution is 2.28. The van der Waals surface area contributed by atoms with Crippen LogP contribution in [0.1, 0.15) is 5.56 Å².